The van der Waals surface area contributed by atoms with Crippen molar-refractivity contribution in [3.05, 3.63) is 78.0 Å². The van der Waals surface area contributed by atoms with Crippen molar-refractivity contribution in [2.24, 2.45) is 0 Å². The van der Waals surface area contributed by atoms with Crippen LogP contribution in [0.15, 0.2) is 60.8 Å². The van der Waals surface area contributed by atoms with E-state index in [0.717, 1.165) is 18.2 Å². The van der Waals surface area contributed by atoms with Gasteiger partial charge in [-0.3, -0.25) is 14.5 Å². The van der Waals surface area contributed by atoms with Crippen molar-refractivity contribution in [3.63, 3.8) is 0 Å². The highest BCUT2D eigenvalue weighted by Gasteiger charge is 2.30. The van der Waals surface area contributed by atoms with E-state index in [9.17, 15) is 18.4 Å². The van der Waals surface area contributed by atoms with Gasteiger partial charge in [-0.25, -0.2) is 13.8 Å². The molecule has 0 saturated carbocycles. The molecule has 2 heterocycles. The van der Waals surface area contributed by atoms with E-state index in [4.69, 9.17) is 4.74 Å². The number of pyridine rings is 1. The summed E-state index contributed by atoms with van der Waals surface area (Å²) in [5.74, 6) is -2.20. The molecule has 1 aliphatic heterocycles. The highest BCUT2D eigenvalue weighted by atomic mass is 19.1. The number of nitrogens with zero attached hydrogens (tertiary/aromatic N) is 2. The van der Waals surface area contributed by atoms with Gasteiger partial charge >= 0.3 is 0 Å². The van der Waals surface area contributed by atoms with Gasteiger partial charge in [0.15, 0.2) is 5.75 Å². The summed E-state index contributed by atoms with van der Waals surface area (Å²) in [7, 11) is 0. The average Bonchev–Trinajstić information content (AvgIpc) is 2.80. The lowest BCUT2D eigenvalue weighted by Gasteiger charge is -2.21. The van der Waals surface area contributed by atoms with Crippen molar-refractivity contribution in [2.75, 3.05) is 16.8 Å². The number of hydrogen-bond acceptors (Lipinski definition) is 4. The van der Waals surface area contributed by atoms with Crippen LogP contribution in [0.4, 0.5) is 20.2 Å². The molecule has 2 aromatic carbocycles. The van der Waals surface area contributed by atoms with E-state index >= 15 is 0 Å². The molecular formula is C20H13F2N3O3. The maximum absolute atomic E-state index is 13.8. The Morgan fingerprint density at radius 1 is 1.11 bits per heavy atom. The first-order chi connectivity index (χ1) is 13.5. The van der Waals surface area contributed by atoms with Gasteiger partial charge in [-0.1, -0.05) is 12.1 Å². The topological polar surface area (TPSA) is 71.5 Å². The van der Waals surface area contributed by atoms with Gasteiger partial charge in [-0.15, -0.1) is 0 Å². The van der Waals surface area contributed by atoms with Crippen LogP contribution in [0.25, 0.3) is 0 Å². The molecule has 6 nitrogen and oxygen atoms in total. The number of carbonyl (C=O) groups excluding carboxylic acids is 2. The fraction of sp³-hybridized carbons (Fsp3) is 0.0500. The molecular weight excluding hydrogens is 368 g/mol. The van der Waals surface area contributed by atoms with Crippen LogP contribution in [-0.4, -0.2) is 23.3 Å². The minimum Gasteiger partial charge on any atom is -0.436 e. The average molecular weight is 381 g/mol. The lowest BCUT2D eigenvalue weighted by Crippen LogP contribution is -2.37. The second-order valence-electron chi connectivity index (χ2n) is 5.99. The molecule has 0 spiro atoms. The first-order valence-corrected chi connectivity index (χ1v) is 8.31. The van der Waals surface area contributed by atoms with Crippen molar-refractivity contribution in [1.82, 2.24) is 4.98 Å². The molecule has 2 amide bonds. The summed E-state index contributed by atoms with van der Waals surface area (Å²) in [4.78, 5) is 30.7. The summed E-state index contributed by atoms with van der Waals surface area (Å²) in [5.41, 5.74) is 0.239. The van der Waals surface area contributed by atoms with Crippen LogP contribution in [0.2, 0.25) is 0 Å². The summed E-state index contributed by atoms with van der Waals surface area (Å²) in [6, 6.07) is 12.5. The Labute approximate surface area is 158 Å². The van der Waals surface area contributed by atoms with Crippen molar-refractivity contribution in [1.29, 1.82) is 0 Å². The number of para-hydroxylation sites is 2. The lowest BCUT2D eigenvalue weighted by atomic mass is 10.2. The molecule has 1 aromatic heterocycles. The Balaban J connectivity index is 1.67. The van der Waals surface area contributed by atoms with Gasteiger partial charge in [0, 0.05) is 12.3 Å². The summed E-state index contributed by atoms with van der Waals surface area (Å²) in [5, 5.41) is 2.29. The number of halogens is 2. The van der Waals surface area contributed by atoms with Gasteiger partial charge < -0.3 is 10.1 Å². The van der Waals surface area contributed by atoms with Crippen molar-refractivity contribution in [3.8, 4) is 11.6 Å². The zero-order chi connectivity index (χ0) is 19.7. The molecule has 4 rings (SSSR count). The van der Waals surface area contributed by atoms with Crippen LogP contribution in [0.5, 0.6) is 11.6 Å². The fourth-order valence-electron chi connectivity index (χ4n) is 2.84. The molecule has 1 N–H and O–H groups in total. The van der Waals surface area contributed by atoms with E-state index in [2.05, 4.69) is 10.3 Å². The fourth-order valence-corrected chi connectivity index (χ4v) is 2.84. The number of nitrogens with one attached hydrogen (secondary N) is 1. The monoisotopic (exact) mass is 381 g/mol. The second kappa shape index (κ2) is 7.07. The third-order valence-corrected chi connectivity index (χ3v) is 4.11. The molecule has 3 aromatic rings. The number of fused-ring (bicyclic) bond motifs is 2. The highest BCUT2D eigenvalue weighted by Crippen LogP contribution is 2.37. The Hall–Kier alpha value is -3.81. The Kier molecular flexibility index (Phi) is 4.44. The number of ether oxygens (including phenoxy) is 1. The van der Waals surface area contributed by atoms with Crippen molar-refractivity contribution >= 4 is 23.2 Å². The number of hydrogen-bond donors (Lipinski definition) is 1. The zero-order valence-corrected chi connectivity index (χ0v) is 14.4. The number of rotatable bonds is 3. The largest absolute Gasteiger partial charge is 0.436 e. The number of benzene rings is 2. The standard InChI is InChI=1S/C20H13F2N3O3/c21-12-7-8-14(22)15(10-12)24-18(26)11-25-16-5-1-2-6-17(16)28-19-13(20(25)27)4-3-9-23-19/h1-10H,11H2,(H,24,26). The Morgan fingerprint density at radius 3 is 2.79 bits per heavy atom. The molecule has 8 heteroatoms. The van der Waals surface area contributed by atoms with E-state index in [1.165, 1.54) is 17.2 Å². The van der Waals surface area contributed by atoms with Crippen LogP contribution in [0.3, 0.4) is 0 Å². The van der Waals surface area contributed by atoms with E-state index in [1.54, 1.807) is 30.3 Å². The normalized spacial score (nSPS) is 12.5. The molecule has 0 unspecified atom stereocenters. The maximum atomic E-state index is 13.8. The molecule has 1 aliphatic rings. The smallest absolute Gasteiger partial charge is 0.264 e. The van der Waals surface area contributed by atoms with Gasteiger partial charge in [0.2, 0.25) is 11.8 Å². The van der Waals surface area contributed by atoms with Gasteiger partial charge in [-0.2, -0.15) is 0 Å². The summed E-state index contributed by atoms with van der Waals surface area (Å²) >= 11 is 0. The number of aromatic nitrogens is 1. The van der Waals surface area contributed by atoms with Gasteiger partial charge in [0.1, 0.15) is 23.7 Å². The minimum atomic E-state index is -0.782. The number of anilines is 2. The van der Waals surface area contributed by atoms with E-state index in [1.807, 2.05) is 0 Å². The van der Waals surface area contributed by atoms with Crippen LogP contribution in [0.1, 0.15) is 10.4 Å². The Bertz CT molecular complexity index is 1090. The molecule has 0 radical (unpaired) electrons. The molecule has 0 atom stereocenters. The quantitative estimate of drug-likeness (QED) is 0.750. The van der Waals surface area contributed by atoms with Crippen molar-refractivity contribution < 1.29 is 23.1 Å². The first-order valence-electron chi connectivity index (χ1n) is 8.31. The maximum Gasteiger partial charge on any atom is 0.264 e. The van der Waals surface area contributed by atoms with Crippen molar-refractivity contribution in [2.45, 2.75) is 0 Å². The minimum absolute atomic E-state index is 0.124. The molecule has 0 aliphatic carbocycles. The second-order valence-corrected chi connectivity index (χ2v) is 5.99. The molecule has 140 valence electrons. The highest BCUT2D eigenvalue weighted by molar-refractivity contribution is 6.12. The lowest BCUT2D eigenvalue weighted by molar-refractivity contribution is -0.114. The molecule has 28 heavy (non-hydrogen) atoms. The predicted octanol–water partition coefficient (Wildman–Crippen LogP) is 3.75. The van der Waals surface area contributed by atoms with Crippen LogP contribution in [0, 0.1) is 11.6 Å². The van der Waals surface area contributed by atoms with Gasteiger partial charge in [0.25, 0.3) is 5.91 Å². The van der Waals surface area contributed by atoms with E-state index in [0.29, 0.717) is 11.4 Å². The molecule has 0 bridgehead atoms. The first kappa shape index (κ1) is 17.6. The molecule has 0 fully saturated rings. The summed E-state index contributed by atoms with van der Waals surface area (Å²) < 4.78 is 32.8. The van der Waals surface area contributed by atoms with Gasteiger partial charge in [0.05, 0.1) is 11.4 Å². The van der Waals surface area contributed by atoms with Crippen LogP contribution < -0.4 is 15.0 Å². The summed E-state index contributed by atoms with van der Waals surface area (Å²) in [6.07, 6.45) is 1.49. The third-order valence-electron chi connectivity index (χ3n) is 4.11. The van der Waals surface area contributed by atoms with E-state index < -0.39 is 30.0 Å². The van der Waals surface area contributed by atoms with Crippen LogP contribution >= 0.6 is 0 Å². The predicted molar refractivity (Wildman–Crippen MR) is 97.4 cm³/mol. The summed E-state index contributed by atoms with van der Waals surface area (Å²) in [6.45, 7) is -0.427. The zero-order valence-electron chi connectivity index (χ0n) is 14.4. The SMILES string of the molecule is O=C(CN1C(=O)c2cccnc2Oc2ccccc21)Nc1cc(F)ccc1F. The molecule has 0 saturated heterocycles. The van der Waals surface area contributed by atoms with E-state index in [-0.39, 0.29) is 17.1 Å². The number of amides is 2. The number of carbonyl (C=O) groups is 2. The van der Waals surface area contributed by atoms with Gasteiger partial charge in [-0.05, 0) is 36.4 Å². The third kappa shape index (κ3) is 3.27. The van der Waals surface area contributed by atoms with Crippen LogP contribution in [-0.2, 0) is 4.79 Å². The Morgan fingerprint density at radius 2 is 1.93 bits per heavy atom.